The van der Waals surface area contributed by atoms with Crippen LogP contribution in [-0.4, -0.2) is 10.9 Å². The summed E-state index contributed by atoms with van der Waals surface area (Å²) in [4.78, 5) is 16.7. The number of nitrogens with zero attached hydrogens (tertiary/aromatic N) is 1. The molecule has 27 heavy (non-hydrogen) atoms. The zero-order valence-corrected chi connectivity index (χ0v) is 17.0. The maximum absolute atomic E-state index is 12.9. The molecule has 1 unspecified atom stereocenters. The molecule has 7 heteroatoms. The van der Waals surface area contributed by atoms with E-state index in [-0.39, 0.29) is 30.8 Å². The Morgan fingerprint density at radius 2 is 2.00 bits per heavy atom. The quantitative estimate of drug-likeness (QED) is 0.550. The highest BCUT2D eigenvalue weighted by molar-refractivity contribution is 9.10. The van der Waals surface area contributed by atoms with E-state index in [0.29, 0.717) is 11.4 Å². The molecule has 1 N–H and O–H groups in total. The van der Waals surface area contributed by atoms with Crippen LogP contribution in [0.4, 0.5) is 4.39 Å². The maximum atomic E-state index is 12.9. The lowest BCUT2D eigenvalue weighted by atomic mass is 10.1. The first-order valence-electron chi connectivity index (χ1n) is 8.36. The largest absolute Gasteiger partial charge is 0.486 e. The minimum absolute atomic E-state index is 0.0884. The summed E-state index contributed by atoms with van der Waals surface area (Å²) in [5.74, 6) is 0.185. The Kier molecular flexibility index (Phi) is 6.58. The Balaban J connectivity index is 1.51. The lowest BCUT2D eigenvalue weighted by Gasteiger charge is -2.15. The van der Waals surface area contributed by atoms with Crippen LogP contribution in [-0.2, 0) is 17.8 Å². The topological polar surface area (TPSA) is 51.2 Å². The number of nitrogens with one attached hydrogen (secondary N) is 1. The summed E-state index contributed by atoms with van der Waals surface area (Å²) < 4.78 is 19.4. The second-order valence-corrected chi connectivity index (χ2v) is 7.76. The van der Waals surface area contributed by atoms with Crippen molar-refractivity contribution in [2.45, 2.75) is 26.0 Å². The fraction of sp³-hybridized carbons (Fsp3) is 0.200. The molecular formula is C20H18BrFN2O2S. The number of hydrogen-bond donors (Lipinski definition) is 1. The molecule has 0 radical (unpaired) electrons. The van der Waals surface area contributed by atoms with Crippen molar-refractivity contribution >= 4 is 33.2 Å². The number of benzene rings is 2. The Morgan fingerprint density at radius 1 is 1.26 bits per heavy atom. The van der Waals surface area contributed by atoms with Crippen LogP contribution in [0.1, 0.15) is 29.2 Å². The standard InChI is InChI=1S/C20H18BrFN2O2S/c1-13(17-4-2-3-5-18(17)21)23-19(25)10-15-12-27-20(24-15)11-26-16-8-6-14(22)7-9-16/h2-9,12-13H,10-11H2,1H3,(H,23,25). The third-order valence-corrected chi connectivity index (χ3v) is 5.46. The van der Waals surface area contributed by atoms with Gasteiger partial charge in [-0.3, -0.25) is 4.79 Å². The van der Waals surface area contributed by atoms with Crippen LogP contribution in [0.25, 0.3) is 0 Å². The van der Waals surface area contributed by atoms with E-state index in [9.17, 15) is 9.18 Å². The lowest BCUT2D eigenvalue weighted by Crippen LogP contribution is -2.28. The number of hydrogen-bond acceptors (Lipinski definition) is 4. The molecule has 0 aliphatic carbocycles. The molecule has 1 heterocycles. The summed E-state index contributed by atoms with van der Waals surface area (Å²) in [5.41, 5.74) is 1.73. The fourth-order valence-electron chi connectivity index (χ4n) is 2.53. The van der Waals surface area contributed by atoms with Crippen LogP contribution in [0.5, 0.6) is 5.75 Å². The van der Waals surface area contributed by atoms with Gasteiger partial charge in [-0.1, -0.05) is 34.1 Å². The molecule has 4 nitrogen and oxygen atoms in total. The van der Waals surface area contributed by atoms with Gasteiger partial charge in [0, 0.05) is 9.85 Å². The Morgan fingerprint density at radius 3 is 2.74 bits per heavy atom. The third-order valence-electron chi connectivity index (χ3n) is 3.87. The van der Waals surface area contributed by atoms with Gasteiger partial charge in [0.05, 0.1) is 18.2 Å². The zero-order chi connectivity index (χ0) is 19.2. The Labute approximate surface area is 169 Å². The van der Waals surface area contributed by atoms with Crippen LogP contribution in [0.3, 0.4) is 0 Å². The summed E-state index contributed by atoms with van der Waals surface area (Å²) in [6.45, 7) is 2.23. The first-order valence-corrected chi connectivity index (χ1v) is 10.0. The van der Waals surface area contributed by atoms with Gasteiger partial charge in [-0.25, -0.2) is 9.37 Å². The minimum atomic E-state index is -0.304. The van der Waals surface area contributed by atoms with E-state index < -0.39 is 0 Å². The van der Waals surface area contributed by atoms with Crippen LogP contribution < -0.4 is 10.1 Å². The average Bonchev–Trinajstić information content (AvgIpc) is 3.08. The monoisotopic (exact) mass is 448 g/mol. The van der Waals surface area contributed by atoms with Crippen molar-refractivity contribution < 1.29 is 13.9 Å². The zero-order valence-electron chi connectivity index (χ0n) is 14.6. The predicted octanol–water partition coefficient (Wildman–Crippen LogP) is 5.04. The van der Waals surface area contributed by atoms with Gasteiger partial charge in [0.15, 0.2) is 0 Å². The van der Waals surface area contributed by atoms with Crippen LogP contribution in [0, 0.1) is 5.82 Å². The van der Waals surface area contributed by atoms with Crippen molar-refractivity contribution in [3.8, 4) is 5.75 Å². The van der Waals surface area contributed by atoms with E-state index in [2.05, 4.69) is 26.2 Å². The van der Waals surface area contributed by atoms with E-state index >= 15 is 0 Å². The first-order chi connectivity index (χ1) is 13.0. The van der Waals surface area contributed by atoms with Gasteiger partial charge >= 0.3 is 0 Å². The average molecular weight is 449 g/mol. The third kappa shape index (κ3) is 5.61. The Hall–Kier alpha value is -2.25. The fourth-order valence-corrected chi connectivity index (χ4v) is 3.87. The number of ether oxygens (including phenoxy) is 1. The summed E-state index contributed by atoms with van der Waals surface area (Å²) in [6, 6.07) is 13.5. The van der Waals surface area contributed by atoms with Crippen molar-refractivity contribution in [2.24, 2.45) is 0 Å². The van der Waals surface area contributed by atoms with Crippen molar-refractivity contribution in [1.29, 1.82) is 0 Å². The van der Waals surface area contributed by atoms with Crippen LogP contribution in [0.2, 0.25) is 0 Å². The molecule has 1 aromatic heterocycles. The predicted molar refractivity (Wildman–Crippen MR) is 107 cm³/mol. The first kappa shape index (κ1) is 19.5. The highest BCUT2D eigenvalue weighted by Crippen LogP contribution is 2.23. The van der Waals surface area contributed by atoms with E-state index in [0.717, 1.165) is 15.0 Å². The van der Waals surface area contributed by atoms with Gasteiger partial charge < -0.3 is 10.1 Å². The molecule has 3 aromatic rings. The molecule has 0 fully saturated rings. The number of amides is 1. The summed E-state index contributed by atoms with van der Waals surface area (Å²) in [7, 11) is 0. The van der Waals surface area contributed by atoms with E-state index in [1.54, 1.807) is 12.1 Å². The summed E-state index contributed by atoms with van der Waals surface area (Å²) in [5, 5.41) is 5.60. The lowest BCUT2D eigenvalue weighted by molar-refractivity contribution is -0.121. The SMILES string of the molecule is CC(NC(=O)Cc1csc(COc2ccc(F)cc2)n1)c1ccccc1Br. The normalized spacial score (nSPS) is 11.8. The highest BCUT2D eigenvalue weighted by Gasteiger charge is 2.14. The van der Waals surface area contributed by atoms with Gasteiger partial charge in [0.25, 0.3) is 0 Å². The van der Waals surface area contributed by atoms with Crippen LogP contribution in [0.15, 0.2) is 58.4 Å². The molecule has 0 bridgehead atoms. The molecule has 2 aromatic carbocycles. The summed E-state index contributed by atoms with van der Waals surface area (Å²) in [6.07, 6.45) is 0.210. The van der Waals surface area contributed by atoms with Gasteiger partial charge in [-0.05, 0) is 42.8 Å². The van der Waals surface area contributed by atoms with Crippen LogP contribution >= 0.6 is 27.3 Å². The number of aromatic nitrogens is 1. The number of carbonyl (C=O) groups is 1. The van der Waals surface area contributed by atoms with Gasteiger partial charge in [-0.2, -0.15) is 0 Å². The van der Waals surface area contributed by atoms with E-state index in [1.165, 1.54) is 23.5 Å². The van der Waals surface area contributed by atoms with Gasteiger partial charge in [0.2, 0.25) is 5.91 Å². The summed E-state index contributed by atoms with van der Waals surface area (Å²) >= 11 is 4.93. The van der Waals surface area contributed by atoms with Crippen molar-refractivity contribution in [3.63, 3.8) is 0 Å². The smallest absolute Gasteiger partial charge is 0.226 e. The van der Waals surface area contributed by atoms with Crippen molar-refractivity contribution in [3.05, 3.63) is 80.5 Å². The molecular weight excluding hydrogens is 431 g/mol. The molecule has 0 saturated carbocycles. The van der Waals surface area contributed by atoms with Crippen molar-refractivity contribution in [2.75, 3.05) is 0 Å². The van der Waals surface area contributed by atoms with Crippen molar-refractivity contribution in [1.82, 2.24) is 10.3 Å². The molecule has 0 saturated heterocycles. The highest BCUT2D eigenvalue weighted by atomic mass is 79.9. The maximum Gasteiger partial charge on any atom is 0.226 e. The second kappa shape index (κ2) is 9.10. The number of halogens is 2. The molecule has 0 spiro atoms. The molecule has 0 aliphatic rings. The van der Waals surface area contributed by atoms with Gasteiger partial charge in [-0.15, -0.1) is 11.3 Å². The molecule has 1 amide bonds. The minimum Gasteiger partial charge on any atom is -0.486 e. The Bertz CT molecular complexity index is 914. The van der Waals surface area contributed by atoms with E-state index in [4.69, 9.17) is 4.74 Å². The van der Waals surface area contributed by atoms with E-state index in [1.807, 2.05) is 36.6 Å². The molecule has 0 aliphatic heterocycles. The van der Waals surface area contributed by atoms with Gasteiger partial charge in [0.1, 0.15) is 23.2 Å². The molecule has 3 rings (SSSR count). The number of thiazole rings is 1. The molecule has 1 atom stereocenters. The second-order valence-electron chi connectivity index (χ2n) is 5.96. The molecule has 140 valence electrons. The number of carbonyl (C=O) groups excluding carboxylic acids is 1. The number of rotatable bonds is 7.